The van der Waals surface area contributed by atoms with E-state index in [4.69, 9.17) is 5.11 Å². The maximum absolute atomic E-state index is 12.3. The maximum Gasteiger partial charge on any atom is 0.306 e. The van der Waals surface area contributed by atoms with E-state index in [0.717, 1.165) is 25.9 Å². The number of carbonyl (C=O) groups is 2. The smallest absolute Gasteiger partial charge is 0.306 e. The van der Waals surface area contributed by atoms with Gasteiger partial charge >= 0.3 is 5.97 Å². The normalized spacial score (nSPS) is 22.6. The minimum absolute atomic E-state index is 0.186. The molecule has 0 atom stereocenters. The Morgan fingerprint density at radius 3 is 2.25 bits per heavy atom. The Hall–Kier alpha value is -1.10. The van der Waals surface area contributed by atoms with Crippen LogP contribution in [-0.4, -0.2) is 59.5 Å². The first-order chi connectivity index (χ1) is 9.58. The Kier molecular flexibility index (Phi) is 5.40. The van der Waals surface area contributed by atoms with Crippen LogP contribution in [0.4, 0.5) is 0 Å². The minimum Gasteiger partial charge on any atom is -0.481 e. The highest BCUT2D eigenvalue weighted by atomic mass is 16.4. The summed E-state index contributed by atoms with van der Waals surface area (Å²) in [5, 5.41) is 8.97. The zero-order valence-corrected chi connectivity index (χ0v) is 12.4. The lowest BCUT2D eigenvalue weighted by molar-refractivity contribution is -0.143. The summed E-state index contributed by atoms with van der Waals surface area (Å²) in [5.74, 6) is -0.738. The van der Waals surface area contributed by atoms with Crippen LogP contribution >= 0.6 is 0 Å². The van der Waals surface area contributed by atoms with Gasteiger partial charge in [0, 0.05) is 13.1 Å². The molecule has 0 aromatic carbocycles. The molecule has 1 heterocycles. The van der Waals surface area contributed by atoms with Gasteiger partial charge in [-0.15, -0.1) is 0 Å². The van der Waals surface area contributed by atoms with Crippen LogP contribution in [-0.2, 0) is 9.59 Å². The van der Waals surface area contributed by atoms with Gasteiger partial charge in [0.05, 0.1) is 12.5 Å². The van der Waals surface area contributed by atoms with Gasteiger partial charge in [-0.3, -0.25) is 14.5 Å². The lowest BCUT2D eigenvalue weighted by Gasteiger charge is -2.34. The molecule has 114 valence electrons. The fraction of sp³-hybridized carbons (Fsp3) is 0.867. The van der Waals surface area contributed by atoms with E-state index in [1.54, 1.807) is 0 Å². The predicted octanol–water partition coefficient (Wildman–Crippen LogP) is 1.57. The van der Waals surface area contributed by atoms with Crippen LogP contribution < -0.4 is 0 Å². The third-order valence-electron chi connectivity index (χ3n) is 4.81. The molecule has 1 aliphatic carbocycles. The molecule has 1 aliphatic heterocycles. The van der Waals surface area contributed by atoms with Crippen LogP contribution in [0.2, 0.25) is 0 Å². The molecule has 20 heavy (non-hydrogen) atoms. The lowest BCUT2D eigenvalue weighted by Crippen LogP contribution is -2.46. The molecule has 5 heteroatoms. The fourth-order valence-corrected chi connectivity index (χ4v) is 3.31. The van der Waals surface area contributed by atoms with Crippen LogP contribution in [0.5, 0.6) is 0 Å². The summed E-state index contributed by atoms with van der Waals surface area (Å²) < 4.78 is 0. The number of hydrogen-bond acceptors (Lipinski definition) is 3. The van der Waals surface area contributed by atoms with E-state index in [-0.39, 0.29) is 11.8 Å². The molecular formula is C15H26N2O3. The average molecular weight is 282 g/mol. The number of rotatable bonds is 4. The summed E-state index contributed by atoms with van der Waals surface area (Å²) in [6.07, 6.45) is 7.33. The quantitative estimate of drug-likeness (QED) is 0.850. The number of nitrogens with zero attached hydrogens (tertiary/aromatic N) is 2. The third-order valence-corrected chi connectivity index (χ3v) is 4.81. The first-order valence-electron chi connectivity index (χ1n) is 7.78. The Morgan fingerprint density at radius 1 is 1.10 bits per heavy atom. The van der Waals surface area contributed by atoms with E-state index in [2.05, 4.69) is 4.90 Å². The van der Waals surface area contributed by atoms with Crippen molar-refractivity contribution in [1.82, 2.24) is 9.80 Å². The predicted molar refractivity (Wildman–Crippen MR) is 76.4 cm³/mol. The summed E-state index contributed by atoms with van der Waals surface area (Å²) in [7, 11) is 1.92. The van der Waals surface area contributed by atoms with Crippen LogP contribution in [0.25, 0.3) is 0 Å². The van der Waals surface area contributed by atoms with Crippen molar-refractivity contribution in [2.45, 2.75) is 51.0 Å². The van der Waals surface area contributed by atoms with Gasteiger partial charge < -0.3 is 10.0 Å². The fourth-order valence-electron chi connectivity index (χ4n) is 3.31. The number of carboxylic acids is 1. The van der Waals surface area contributed by atoms with Crippen molar-refractivity contribution in [3.05, 3.63) is 0 Å². The number of likely N-dealkylation sites (N-methyl/N-ethyl adjacent to an activating group) is 1. The molecule has 5 nitrogen and oxygen atoms in total. The monoisotopic (exact) mass is 282 g/mol. The standard InChI is InChI=1S/C15H26N2O3/c1-16(13-5-3-2-4-6-13)14(18)11-17-9-7-12(8-10-17)15(19)20/h12-13H,2-11H2,1H3,(H,19,20). The molecule has 0 aromatic rings. The molecule has 0 unspecified atom stereocenters. The summed E-state index contributed by atoms with van der Waals surface area (Å²) in [6, 6.07) is 0.410. The number of carbonyl (C=O) groups excluding carboxylic acids is 1. The van der Waals surface area contributed by atoms with Crippen molar-refractivity contribution in [3.8, 4) is 0 Å². The zero-order chi connectivity index (χ0) is 14.5. The average Bonchev–Trinajstić information content (AvgIpc) is 2.48. The van der Waals surface area contributed by atoms with Crippen molar-refractivity contribution < 1.29 is 14.7 Å². The van der Waals surface area contributed by atoms with Gasteiger partial charge in [0.1, 0.15) is 0 Å². The van der Waals surface area contributed by atoms with E-state index in [0.29, 0.717) is 25.4 Å². The largest absolute Gasteiger partial charge is 0.481 e. The second-order valence-corrected chi connectivity index (χ2v) is 6.19. The Morgan fingerprint density at radius 2 is 1.70 bits per heavy atom. The second kappa shape index (κ2) is 7.07. The van der Waals surface area contributed by atoms with Gasteiger partial charge in [0.25, 0.3) is 0 Å². The molecule has 0 spiro atoms. The Balaban J connectivity index is 1.75. The Bertz CT molecular complexity index is 345. The minimum atomic E-state index is -0.699. The van der Waals surface area contributed by atoms with Crippen molar-refractivity contribution in [3.63, 3.8) is 0 Å². The van der Waals surface area contributed by atoms with Crippen molar-refractivity contribution in [2.24, 2.45) is 5.92 Å². The molecule has 1 amide bonds. The van der Waals surface area contributed by atoms with Crippen LogP contribution in [0.3, 0.4) is 0 Å². The van der Waals surface area contributed by atoms with Crippen LogP contribution in [0, 0.1) is 5.92 Å². The van der Waals surface area contributed by atoms with Crippen molar-refractivity contribution in [2.75, 3.05) is 26.7 Å². The Labute approximate surface area is 120 Å². The van der Waals surface area contributed by atoms with Crippen LogP contribution in [0.1, 0.15) is 44.9 Å². The number of carboxylic acid groups (broad SMARTS) is 1. The van der Waals surface area contributed by atoms with E-state index in [9.17, 15) is 9.59 Å². The molecule has 0 radical (unpaired) electrons. The molecule has 1 N–H and O–H groups in total. The van der Waals surface area contributed by atoms with Gasteiger partial charge in [-0.25, -0.2) is 0 Å². The number of likely N-dealkylation sites (tertiary alicyclic amines) is 1. The zero-order valence-electron chi connectivity index (χ0n) is 12.4. The van der Waals surface area contributed by atoms with Crippen LogP contribution in [0.15, 0.2) is 0 Å². The summed E-state index contributed by atoms with van der Waals surface area (Å²) >= 11 is 0. The number of amides is 1. The highest BCUT2D eigenvalue weighted by Crippen LogP contribution is 2.22. The summed E-state index contributed by atoms with van der Waals surface area (Å²) in [4.78, 5) is 27.2. The molecule has 2 rings (SSSR count). The first-order valence-corrected chi connectivity index (χ1v) is 7.78. The molecule has 2 aliphatic rings. The highest BCUT2D eigenvalue weighted by Gasteiger charge is 2.27. The topological polar surface area (TPSA) is 60.9 Å². The molecule has 0 aromatic heterocycles. The van der Waals surface area contributed by atoms with E-state index in [1.807, 2.05) is 11.9 Å². The SMILES string of the molecule is CN(C(=O)CN1CCC(C(=O)O)CC1)C1CCCCC1. The van der Waals surface area contributed by atoms with E-state index in [1.165, 1.54) is 19.3 Å². The van der Waals surface area contributed by atoms with Gasteiger partial charge in [-0.2, -0.15) is 0 Å². The number of hydrogen-bond donors (Lipinski definition) is 1. The van der Waals surface area contributed by atoms with E-state index >= 15 is 0 Å². The van der Waals surface area contributed by atoms with Crippen molar-refractivity contribution in [1.29, 1.82) is 0 Å². The lowest BCUT2D eigenvalue weighted by atomic mass is 9.94. The molecule has 1 saturated carbocycles. The maximum atomic E-state index is 12.3. The van der Waals surface area contributed by atoms with Gasteiger partial charge in [-0.05, 0) is 38.8 Å². The molecule has 1 saturated heterocycles. The van der Waals surface area contributed by atoms with Gasteiger partial charge in [0.2, 0.25) is 5.91 Å². The van der Waals surface area contributed by atoms with Crippen molar-refractivity contribution >= 4 is 11.9 Å². The molecular weight excluding hydrogens is 256 g/mol. The highest BCUT2D eigenvalue weighted by molar-refractivity contribution is 5.78. The molecule has 0 bridgehead atoms. The van der Waals surface area contributed by atoms with Gasteiger partial charge in [0.15, 0.2) is 0 Å². The summed E-state index contributed by atoms with van der Waals surface area (Å²) in [5.41, 5.74) is 0. The second-order valence-electron chi connectivity index (χ2n) is 6.19. The molecule has 2 fully saturated rings. The third kappa shape index (κ3) is 3.95. The van der Waals surface area contributed by atoms with E-state index < -0.39 is 5.97 Å². The number of piperidine rings is 1. The van der Waals surface area contributed by atoms with Gasteiger partial charge in [-0.1, -0.05) is 19.3 Å². The number of aliphatic carboxylic acids is 1. The summed E-state index contributed by atoms with van der Waals surface area (Å²) in [6.45, 7) is 1.89. The first kappa shape index (κ1) is 15.3.